The molecule has 1 saturated carbocycles. The molecule has 1 saturated heterocycles. The Balaban J connectivity index is 0.000000313. The molecule has 0 bridgehead atoms. The van der Waals surface area contributed by atoms with Gasteiger partial charge in [-0.05, 0) is 61.3 Å². The normalized spacial score (nSPS) is 18.3. The predicted molar refractivity (Wildman–Crippen MR) is 116 cm³/mol. The lowest BCUT2D eigenvalue weighted by atomic mass is 9.91. The number of nitrogens with zero attached hydrogens (tertiary/aromatic N) is 7. The summed E-state index contributed by atoms with van der Waals surface area (Å²) in [5.74, 6) is 0.968. The van der Waals surface area contributed by atoms with E-state index in [-0.39, 0.29) is 0 Å². The molecule has 1 aliphatic carbocycles. The number of hydrogen-bond donors (Lipinski definition) is 1. The molecule has 3 aromatic rings. The van der Waals surface area contributed by atoms with Gasteiger partial charge in [0, 0.05) is 31.0 Å². The van der Waals surface area contributed by atoms with Crippen LogP contribution < -0.4 is 0 Å². The van der Waals surface area contributed by atoms with Crippen LogP contribution >= 0.6 is 0 Å². The second-order valence-electron chi connectivity index (χ2n) is 8.23. The zero-order chi connectivity index (χ0) is 20.6. The summed E-state index contributed by atoms with van der Waals surface area (Å²) in [6.45, 7) is 8.24. The molecule has 30 heavy (non-hydrogen) atoms. The molecular weight excluding hydrogens is 376 g/mol. The van der Waals surface area contributed by atoms with Gasteiger partial charge < -0.3 is 0 Å². The highest BCUT2D eigenvalue weighted by Crippen LogP contribution is 2.25. The van der Waals surface area contributed by atoms with Crippen LogP contribution in [0, 0.1) is 6.92 Å². The van der Waals surface area contributed by atoms with E-state index < -0.39 is 0 Å². The van der Waals surface area contributed by atoms with Gasteiger partial charge in [0.15, 0.2) is 5.82 Å². The standard InChI is InChI=1S/C18H26N6.C4H6N2/c1-2-6-16(7-3-1)14-24-18(19-20-21-24)15-22-10-5-11-23(13-12-22)17-8-4-9-17;1-4-2-3-5-6-4/h1-3,6-7,17H,4-5,8-15H2;2-3H,1H3,(H,5,6). The van der Waals surface area contributed by atoms with E-state index in [0.717, 1.165) is 43.7 Å². The molecule has 0 spiro atoms. The van der Waals surface area contributed by atoms with Gasteiger partial charge in [0.2, 0.25) is 0 Å². The Hall–Kier alpha value is -2.58. The Morgan fingerprint density at radius 2 is 1.83 bits per heavy atom. The first-order chi connectivity index (χ1) is 14.8. The Bertz CT molecular complexity index is 856. The zero-order valence-electron chi connectivity index (χ0n) is 17.8. The fourth-order valence-corrected chi connectivity index (χ4v) is 4.01. The molecule has 5 rings (SSSR count). The summed E-state index contributed by atoms with van der Waals surface area (Å²) < 4.78 is 1.93. The van der Waals surface area contributed by atoms with Crippen molar-refractivity contribution in [3.8, 4) is 0 Å². The first kappa shape index (κ1) is 20.7. The Morgan fingerprint density at radius 3 is 2.50 bits per heavy atom. The molecule has 0 radical (unpaired) electrons. The highest BCUT2D eigenvalue weighted by Gasteiger charge is 2.26. The Morgan fingerprint density at radius 1 is 0.967 bits per heavy atom. The number of benzene rings is 1. The number of aromatic nitrogens is 6. The lowest BCUT2D eigenvalue weighted by Crippen LogP contribution is -2.42. The minimum atomic E-state index is 0.741. The van der Waals surface area contributed by atoms with E-state index in [1.807, 2.05) is 23.7 Å². The molecule has 2 aliphatic rings. The third-order valence-electron chi connectivity index (χ3n) is 6.00. The third-order valence-corrected chi connectivity index (χ3v) is 6.00. The zero-order valence-corrected chi connectivity index (χ0v) is 17.8. The van der Waals surface area contributed by atoms with Crippen LogP contribution in [0.3, 0.4) is 0 Å². The molecule has 2 aromatic heterocycles. The summed E-state index contributed by atoms with van der Waals surface area (Å²) >= 11 is 0. The molecule has 1 aromatic carbocycles. The average molecular weight is 409 g/mol. The number of hydrogen-bond acceptors (Lipinski definition) is 6. The topological polar surface area (TPSA) is 78.8 Å². The predicted octanol–water partition coefficient (Wildman–Crippen LogP) is 2.50. The number of tetrazole rings is 1. The molecule has 1 N–H and O–H groups in total. The van der Waals surface area contributed by atoms with Gasteiger partial charge in [0.05, 0.1) is 13.1 Å². The molecule has 160 valence electrons. The van der Waals surface area contributed by atoms with Crippen LogP contribution in [0.4, 0.5) is 0 Å². The van der Waals surface area contributed by atoms with Gasteiger partial charge in [-0.3, -0.25) is 14.9 Å². The van der Waals surface area contributed by atoms with Gasteiger partial charge in [-0.1, -0.05) is 36.8 Å². The van der Waals surface area contributed by atoms with Crippen molar-refractivity contribution >= 4 is 0 Å². The van der Waals surface area contributed by atoms with E-state index in [1.165, 1.54) is 44.3 Å². The van der Waals surface area contributed by atoms with Gasteiger partial charge in [0.25, 0.3) is 0 Å². The average Bonchev–Trinajstić information content (AvgIpc) is 3.31. The molecule has 0 amide bonds. The van der Waals surface area contributed by atoms with Crippen molar-refractivity contribution in [2.45, 2.75) is 51.7 Å². The summed E-state index contributed by atoms with van der Waals surface area (Å²) in [6, 6.07) is 13.2. The first-order valence-corrected chi connectivity index (χ1v) is 11.0. The van der Waals surface area contributed by atoms with Crippen LogP contribution in [0.15, 0.2) is 42.6 Å². The minimum absolute atomic E-state index is 0.741. The van der Waals surface area contributed by atoms with Crippen molar-refractivity contribution < 1.29 is 0 Å². The van der Waals surface area contributed by atoms with Crippen molar-refractivity contribution in [2.24, 2.45) is 0 Å². The van der Waals surface area contributed by atoms with Crippen LogP contribution in [-0.2, 0) is 13.1 Å². The van der Waals surface area contributed by atoms with Gasteiger partial charge >= 0.3 is 0 Å². The van der Waals surface area contributed by atoms with E-state index in [1.54, 1.807) is 6.20 Å². The monoisotopic (exact) mass is 408 g/mol. The van der Waals surface area contributed by atoms with Gasteiger partial charge in [-0.2, -0.15) is 5.10 Å². The van der Waals surface area contributed by atoms with Crippen molar-refractivity contribution in [3.05, 3.63) is 59.7 Å². The highest BCUT2D eigenvalue weighted by atomic mass is 15.5. The summed E-state index contributed by atoms with van der Waals surface area (Å²) in [5.41, 5.74) is 2.34. The maximum Gasteiger partial charge on any atom is 0.165 e. The number of H-pyrrole nitrogens is 1. The van der Waals surface area contributed by atoms with Crippen molar-refractivity contribution in [1.82, 2.24) is 40.2 Å². The van der Waals surface area contributed by atoms with E-state index >= 15 is 0 Å². The van der Waals surface area contributed by atoms with E-state index in [0.29, 0.717) is 0 Å². The summed E-state index contributed by atoms with van der Waals surface area (Å²) in [6.07, 6.45) is 7.19. The quantitative estimate of drug-likeness (QED) is 0.699. The summed E-state index contributed by atoms with van der Waals surface area (Å²) in [4.78, 5) is 5.20. The minimum Gasteiger partial charge on any atom is -0.299 e. The number of aromatic amines is 1. The van der Waals surface area contributed by atoms with E-state index in [2.05, 4.69) is 59.8 Å². The van der Waals surface area contributed by atoms with Crippen LogP contribution in [0.25, 0.3) is 0 Å². The fraction of sp³-hybridized carbons (Fsp3) is 0.545. The van der Waals surface area contributed by atoms with E-state index in [9.17, 15) is 0 Å². The summed E-state index contributed by atoms with van der Waals surface area (Å²) in [7, 11) is 0. The molecule has 3 heterocycles. The molecule has 1 aliphatic heterocycles. The summed E-state index contributed by atoms with van der Waals surface area (Å²) in [5, 5.41) is 18.8. The van der Waals surface area contributed by atoms with E-state index in [4.69, 9.17) is 0 Å². The smallest absolute Gasteiger partial charge is 0.165 e. The number of rotatable bonds is 5. The maximum atomic E-state index is 4.27. The molecule has 0 unspecified atom stereocenters. The van der Waals surface area contributed by atoms with Gasteiger partial charge in [-0.15, -0.1) is 5.10 Å². The third kappa shape index (κ3) is 5.73. The first-order valence-electron chi connectivity index (χ1n) is 11.0. The number of aryl methyl sites for hydroxylation is 1. The van der Waals surface area contributed by atoms with Gasteiger partial charge in [-0.25, -0.2) is 4.68 Å². The lowest BCUT2D eigenvalue weighted by molar-refractivity contribution is 0.130. The molecule has 0 atom stereocenters. The van der Waals surface area contributed by atoms with Crippen LogP contribution in [-0.4, -0.2) is 72.4 Å². The number of nitrogens with one attached hydrogen (secondary N) is 1. The largest absolute Gasteiger partial charge is 0.299 e. The van der Waals surface area contributed by atoms with Crippen LogP contribution in [0.2, 0.25) is 0 Å². The second-order valence-corrected chi connectivity index (χ2v) is 8.23. The van der Waals surface area contributed by atoms with Gasteiger partial charge in [0.1, 0.15) is 0 Å². The van der Waals surface area contributed by atoms with Crippen molar-refractivity contribution in [2.75, 3.05) is 26.2 Å². The maximum absolute atomic E-state index is 4.27. The highest BCUT2D eigenvalue weighted by molar-refractivity contribution is 5.14. The SMILES string of the molecule is Cc1ccn[nH]1.c1ccc(Cn2nnnc2CN2CCCN(C3CCC3)CC2)cc1. The molecule has 8 nitrogen and oxygen atoms in total. The molecular formula is C22H32N8. The molecule has 8 heteroatoms. The van der Waals surface area contributed by atoms with Crippen LogP contribution in [0.1, 0.15) is 42.8 Å². The fourth-order valence-electron chi connectivity index (χ4n) is 4.01. The van der Waals surface area contributed by atoms with Crippen molar-refractivity contribution in [1.29, 1.82) is 0 Å². The second kappa shape index (κ2) is 10.4. The van der Waals surface area contributed by atoms with Crippen LogP contribution in [0.5, 0.6) is 0 Å². The molecule has 2 fully saturated rings. The lowest BCUT2D eigenvalue weighted by Gasteiger charge is -2.36. The Labute approximate surface area is 178 Å². The Kier molecular flexibility index (Phi) is 7.20. The van der Waals surface area contributed by atoms with Crippen molar-refractivity contribution in [3.63, 3.8) is 0 Å².